The van der Waals surface area contributed by atoms with Gasteiger partial charge in [0.05, 0.1) is 17.7 Å². The van der Waals surface area contributed by atoms with Gasteiger partial charge in [0.2, 0.25) is 0 Å². The molecule has 0 aromatic heterocycles. The van der Waals surface area contributed by atoms with Crippen LogP contribution in [0.25, 0.3) is 0 Å². The highest BCUT2D eigenvalue weighted by Gasteiger charge is 2.42. The number of ether oxygens (including phenoxy) is 2. The quantitative estimate of drug-likeness (QED) is 0.249. The number of nitrogens with zero attached hydrogens (tertiary/aromatic N) is 1. The highest BCUT2D eigenvalue weighted by Crippen LogP contribution is 2.30. The van der Waals surface area contributed by atoms with Gasteiger partial charge in [0.1, 0.15) is 5.75 Å². The van der Waals surface area contributed by atoms with E-state index >= 15 is 0 Å². The molecule has 0 saturated heterocycles. The first kappa shape index (κ1) is 28.0. The van der Waals surface area contributed by atoms with Crippen molar-refractivity contribution >= 4 is 35.5 Å². The van der Waals surface area contributed by atoms with Gasteiger partial charge >= 0.3 is 6.16 Å². The molecular weight excluding hydrogens is 514 g/mol. The Morgan fingerprint density at radius 3 is 2.15 bits per heavy atom. The minimum atomic E-state index is -0.829. The van der Waals surface area contributed by atoms with Crippen molar-refractivity contribution in [1.29, 1.82) is 0 Å². The molecule has 0 atom stereocenters. The van der Waals surface area contributed by atoms with Crippen LogP contribution in [0.1, 0.15) is 74.7 Å². The van der Waals surface area contributed by atoms with Crippen molar-refractivity contribution in [3.63, 3.8) is 0 Å². The molecule has 3 aromatic rings. The van der Waals surface area contributed by atoms with Crippen LogP contribution in [0.3, 0.4) is 0 Å². The zero-order valence-electron chi connectivity index (χ0n) is 22.6. The van der Waals surface area contributed by atoms with E-state index in [2.05, 4.69) is 10.6 Å². The van der Waals surface area contributed by atoms with Gasteiger partial charge in [-0.2, -0.15) is 0 Å². The Labute approximate surface area is 231 Å². The van der Waals surface area contributed by atoms with Gasteiger partial charge in [0.25, 0.3) is 23.6 Å². The number of hydrogen-bond donors (Lipinski definition) is 2. The van der Waals surface area contributed by atoms with E-state index in [0.29, 0.717) is 16.8 Å². The third-order valence-electron chi connectivity index (χ3n) is 6.10. The number of rotatable bonds is 7. The number of hydrogen-bond acceptors (Lipinski definition) is 7. The molecule has 1 aliphatic rings. The van der Waals surface area contributed by atoms with Crippen molar-refractivity contribution in [1.82, 2.24) is 10.2 Å². The number of para-hydroxylation sites is 1. The van der Waals surface area contributed by atoms with Crippen molar-refractivity contribution < 1.29 is 33.4 Å². The summed E-state index contributed by atoms with van der Waals surface area (Å²) in [6.07, 6.45) is -0.829. The number of benzene rings is 3. The molecule has 10 nitrogen and oxygen atoms in total. The van der Waals surface area contributed by atoms with Crippen LogP contribution in [0.15, 0.2) is 66.7 Å². The summed E-state index contributed by atoms with van der Waals surface area (Å²) in [7, 11) is 0. The monoisotopic (exact) mass is 543 g/mol. The Kier molecular flexibility index (Phi) is 7.99. The Balaban J connectivity index is 1.42. The summed E-state index contributed by atoms with van der Waals surface area (Å²) < 4.78 is 9.71. The molecule has 0 unspecified atom stereocenters. The molecule has 0 radical (unpaired) electrons. The van der Waals surface area contributed by atoms with Gasteiger partial charge in [-0.3, -0.25) is 24.1 Å². The van der Waals surface area contributed by atoms with Gasteiger partial charge in [-0.05, 0) is 81.8 Å². The fourth-order valence-electron chi connectivity index (χ4n) is 4.18. The smallest absolute Gasteiger partial charge is 0.434 e. The molecule has 1 heterocycles. The van der Waals surface area contributed by atoms with Gasteiger partial charge in [-0.25, -0.2) is 4.79 Å². The lowest BCUT2D eigenvalue weighted by molar-refractivity contribution is 0.0507. The first-order valence-electron chi connectivity index (χ1n) is 12.6. The van der Waals surface area contributed by atoms with Gasteiger partial charge < -0.3 is 20.1 Å². The van der Waals surface area contributed by atoms with E-state index in [1.807, 2.05) is 0 Å². The normalized spacial score (nSPS) is 12.6. The minimum Gasteiger partial charge on any atom is -0.434 e. The Bertz CT molecular complexity index is 1490. The average molecular weight is 544 g/mol. The van der Waals surface area contributed by atoms with Crippen molar-refractivity contribution in [3.8, 4) is 5.75 Å². The fraction of sp³-hybridized carbons (Fsp3) is 0.233. The van der Waals surface area contributed by atoms with Crippen LogP contribution in [-0.2, 0) is 11.3 Å². The van der Waals surface area contributed by atoms with E-state index in [1.165, 1.54) is 47.4 Å². The van der Waals surface area contributed by atoms with Crippen LogP contribution in [0.5, 0.6) is 5.75 Å². The maximum Gasteiger partial charge on any atom is 0.513 e. The van der Waals surface area contributed by atoms with Gasteiger partial charge in [0, 0.05) is 28.9 Å². The second-order valence-corrected chi connectivity index (χ2v) is 9.98. The van der Waals surface area contributed by atoms with Gasteiger partial charge in [-0.15, -0.1) is 0 Å². The van der Waals surface area contributed by atoms with Gasteiger partial charge in [0.15, 0.2) is 0 Å². The number of amides is 4. The molecule has 10 heteroatoms. The predicted molar refractivity (Wildman–Crippen MR) is 146 cm³/mol. The van der Waals surface area contributed by atoms with E-state index in [9.17, 15) is 24.0 Å². The standard InChI is InChI=1S/C30H29N3O7/c1-5-39-29(38)40-21-13-10-18(11-14-21)25(34)31-17-20-8-6-7-9-24(20)32-26(35)19-12-15-22-23(16-19)28(37)33(27(22)36)30(2,3)4/h6-16H,5,17H2,1-4H3,(H,31,34)(H,32,35). The Morgan fingerprint density at radius 1 is 0.825 bits per heavy atom. The largest absolute Gasteiger partial charge is 0.513 e. The number of nitrogens with one attached hydrogen (secondary N) is 2. The molecule has 206 valence electrons. The van der Waals surface area contributed by atoms with Crippen LogP contribution in [0.4, 0.5) is 10.5 Å². The molecule has 40 heavy (non-hydrogen) atoms. The van der Waals surface area contributed by atoms with Crippen molar-refractivity contribution in [2.75, 3.05) is 11.9 Å². The zero-order chi connectivity index (χ0) is 29.0. The summed E-state index contributed by atoms with van der Waals surface area (Å²) in [5, 5.41) is 5.63. The second kappa shape index (κ2) is 11.4. The summed E-state index contributed by atoms with van der Waals surface area (Å²) >= 11 is 0. The third kappa shape index (κ3) is 6.01. The molecule has 0 spiro atoms. The van der Waals surface area contributed by atoms with Crippen LogP contribution in [-0.4, -0.2) is 46.8 Å². The van der Waals surface area contributed by atoms with Crippen molar-refractivity contribution in [3.05, 3.63) is 94.5 Å². The van der Waals surface area contributed by atoms with Crippen LogP contribution in [0, 0.1) is 0 Å². The molecule has 0 bridgehead atoms. The molecule has 2 N–H and O–H groups in total. The molecule has 0 fully saturated rings. The summed E-state index contributed by atoms with van der Waals surface area (Å²) in [5.41, 5.74) is 1.45. The van der Waals surface area contributed by atoms with Gasteiger partial charge in [-0.1, -0.05) is 18.2 Å². The first-order chi connectivity index (χ1) is 19.0. The zero-order valence-corrected chi connectivity index (χ0v) is 22.6. The molecule has 3 aromatic carbocycles. The second-order valence-electron chi connectivity index (χ2n) is 9.98. The van der Waals surface area contributed by atoms with E-state index in [-0.39, 0.29) is 47.4 Å². The van der Waals surface area contributed by atoms with E-state index in [1.54, 1.807) is 52.0 Å². The van der Waals surface area contributed by atoms with Crippen LogP contribution in [0.2, 0.25) is 0 Å². The highest BCUT2D eigenvalue weighted by molar-refractivity contribution is 6.22. The number of fused-ring (bicyclic) bond motifs is 1. The Morgan fingerprint density at radius 2 is 1.48 bits per heavy atom. The predicted octanol–water partition coefficient (Wildman–Crippen LogP) is 4.80. The fourth-order valence-corrected chi connectivity index (χ4v) is 4.18. The highest BCUT2D eigenvalue weighted by atomic mass is 16.7. The maximum absolute atomic E-state index is 13.1. The molecule has 0 saturated carbocycles. The summed E-state index contributed by atoms with van der Waals surface area (Å²) in [5.74, 6) is -1.42. The molecule has 4 rings (SSSR count). The van der Waals surface area contributed by atoms with E-state index in [4.69, 9.17) is 9.47 Å². The maximum atomic E-state index is 13.1. The first-order valence-corrected chi connectivity index (χ1v) is 12.6. The lowest BCUT2D eigenvalue weighted by atomic mass is 10.0. The SMILES string of the molecule is CCOC(=O)Oc1ccc(C(=O)NCc2ccccc2NC(=O)c2ccc3c(c2)C(=O)N(C(C)(C)C)C3=O)cc1. The molecular formula is C30H29N3O7. The van der Waals surface area contributed by atoms with E-state index < -0.39 is 23.5 Å². The average Bonchev–Trinajstić information content (AvgIpc) is 3.17. The number of carbonyl (C=O) groups is 5. The lowest BCUT2D eigenvalue weighted by Crippen LogP contribution is -2.45. The lowest BCUT2D eigenvalue weighted by Gasteiger charge is -2.29. The van der Waals surface area contributed by atoms with E-state index in [0.717, 1.165) is 0 Å². The van der Waals surface area contributed by atoms with Crippen molar-refractivity contribution in [2.24, 2.45) is 0 Å². The van der Waals surface area contributed by atoms with Crippen LogP contribution >= 0.6 is 0 Å². The third-order valence-corrected chi connectivity index (χ3v) is 6.10. The number of anilines is 1. The summed E-state index contributed by atoms with van der Waals surface area (Å²) in [4.78, 5) is 64.0. The summed E-state index contributed by atoms with van der Waals surface area (Å²) in [6.45, 7) is 7.28. The van der Waals surface area contributed by atoms with Crippen LogP contribution < -0.4 is 15.4 Å². The number of carbonyl (C=O) groups excluding carboxylic acids is 5. The minimum absolute atomic E-state index is 0.119. The molecule has 4 amide bonds. The summed E-state index contributed by atoms with van der Waals surface area (Å²) in [6, 6.07) is 17.4. The number of imide groups is 1. The Hall–Kier alpha value is -4.99. The molecule has 0 aliphatic carbocycles. The van der Waals surface area contributed by atoms with Crippen molar-refractivity contribution in [2.45, 2.75) is 39.8 Å². The molecule has 1 aliphatic heterocycles. The topological polar surface area (TPSA) is 131 Å².